The van der Waals surface area contributed by atoms with Crippen LogP contribution >= 0.6 is 0 Å². The van der Waals surface area contributed by atoms with Crippen LogP contribution in [0.2, 0.25) is 0 Å². The second-order valence-electron chi connectivity index (χ2n) is 7.49. The number of aromatic nitrogens is 1. The fourth-order valence-electron chi connectivity index (χ4n) is 5.04. The highest BCUT2D eigenvalue weighted by atomic mass is 19.4. The molecule has 1 N–H and O–H groups in total. The molecule has 0 spiro atoms. The van der Waals surface area contributed by atoms with Gasteiger partial charge in [-0.05, 0) is 37.1 Å². The van der Waals surface area contributed by atoms with Crippen molar-refractivity contribution in [1.82, 2.24) is 14.8 Å². The zero-order valence-corrected chi connectivity index (χ0v) is 15.0. The molecule has 0 bridgehead atoms. The highest BCUT2D eigenvalue weighted by molar-refractivity contribution is 5.91. The Hall–Kier alpha value is -2.02. The van der Waals surface area contributed by atoms with Gasteiger partial charge in [0.2, 0.25) is 5.91 Å². The topological polar surface area (TPSA) is 37.3 Å². The molecule has 1 aromatic heterocycles. The average Bonchev–Trinajstić information content (AvgIpc) is 2.88. The van der Waals surface area contributed by atoms with Crippen LogP contribution in [-0.2, 0) is 24.4 Å². The number of fused-ring (bicyclic) bond motifs is 2. The lowest BCUT2D eigenvalue weighted by Gasteiger charge is -2.45. The van der Waals surface area contributed by atoms with Crippen LogP contribution in [-0.4, -0.2) is 42.1 Å². The van der Waals surface area contributed by atoms with E-state index in [2.05, 4.69) is 10.2 Å². The first-order chi connectivity index (χ1) is 12.2. The number of halogens is 3. The van der Waals surface area contributed by atoms with E-state index in [9.17, 15) is 18.0 Å². The molecule has 2 aromatic rings. The first-order valence-corrected chi connectivity index (χ1v) is 8.83. The van der Waals surface area contributed by atoms with Crippen LogP contribution in [0.1, 0.15) is 29.2 Å². The summed E-state index contributed by atoms with van der Waals surface area (Å²) in [5, 5.41) is 3.44. The molecule has 0 saturated carbocycles. The van der Waals surface area contributed by atoms with Crippen molar-refractivity contribution in [3.05, 3.63) is 35.0 Å². The minimum Gasteiger partial charge on any atom is -0.359 e. The van der Waals surface area contributed by atoms with Crippen LogP contribution in [0.15, 0.2) is 18.2 Å². The molecule has 2 heterocycles. The fourth-order valence-corrected chi connectivity index (χ4v) is 5.04. The van der Waals surface area contributed by atoms with E-state index in [0.29, 0.717) is 30.5 Å². The summed E-state index contributed by atoms with van der Waals surface area (Å²) in [4.78, 5) is 14.2. The van der Waals surface area contributed by atoms with Gasteiger partial charge in [0.05, 0.1) is 5.92 Å². The van der Waals surface area contributed by atoms with Gasteiger partial charge in [0.25, 0.3) is 0 Å². The minimum atomic E-state index is -4.38. The molecule has 1 amide bonds. The van der Waals surface area contributed by atoms with E-state index in [1.807, 2.05) is 19.2 Å². The van der Waals surface area contributed by atoms with Gasteiger partial charge >= 0.3 is 6.18 Å². The van der Waals surface area contributed by atoms with Crippen molar-refractivity contribution in [3.63, 3.8) is 0 Å². The normalized spacial score (nSPS) is 26.0. The van der Waals surface area contributed by atoms with Crippen molar-refractivity contribution in [1.29, 1.82) is 0 Å². The SMILES string of the molecule is CNC(=O)C1CC2c3cccc4c3c(c(C(F)(F)F)n4C)C[C@H]2N(C)C1. The van der Waals surface area contributed by atoms with E-state index in [0.717, 1.165) is 10.9 Å². The molecule has 1 saturated heterocycles. The molecule has 4 nitrogen and oxygen atoms in total. The number of piperidine rings is 1. The van der Waals surface area contributed by atoms with Crippen molar-refractivity contribution in [3.8, 4) is 0 Å². The first-order valence-electron chi connectivity index (χ1n) is 8.83. The summed E-state index contributed by atoms with van der Waals surface area (Å²) in [5.74, 6) is -0.0816. The Morgan fingerprint density at radius 3 is 2.65 bits per heavy atom. The molecule has 4 rings (SSSR count). The van der Waals surface area contributed by atoms with Crippen LogP contribution in [0, 0.1) is 5.92 Å². The van der Waals surface area contributed by atoms with Gasteiger partial charge in [-0.15, -0.1) is 0 Å². The number of hydrogen-bond donors (Lipinski definition) is 1. The minimum absolute atomic E-state index is 0.00249. The van der Waals surface area contributed by atoms with Crippen molar-refractivity contribution in [2.24, 2.45) is 13.0 Å². The Kier molecular flexibility index (Phi) is 3.84. The number of carbonyl (C=O) groups is 1. The van der Waals surface area contributed by atoms with Gasteiger partial charge in [0.1, 0.15) is 5.69 Å². The molecule has 1 aliphatic heterocycles. The maximum atomic E-state index is 13.7. The van der Waals surface area contributed by atoms with Crippen LogP contribution in [0.3, 0.4) is 0 Å². The van der Waals surface area contributed by atoms with E-state index in [4.69, 9.17) is 0 Å². The molecule has 140 valence electrons. The van der Waals surface area contributed by atoms with E-state index in [1.54, 1.807) is 13.1 Å². The van der Waals surface area contributed by atoms with Crippen LogP contribution in [0.25, 0.3) is 10.9 Å². The van der Waals surface area contributed by atoms with E-state index in [-0.39, 0.29) is 23.8 Å². The van der Waals surface area contributed by atoms with Crippen LogP contribution in [0.4, 0.5) is 13.2 Å². The number of hydrogen-bond acceptors (Lipinski definition) is 2. The lowest BCUT2D eigenvalue weighted by atomic mass is 9.72. The molecule has 1 fully saturated rings. The average molecular weight is 365 g/mol. The van der Waals surface area contributed by atoms with Gasteiger partial charge in [0.15, 0.2) is 0 Å². The Balaban J connectivity index is 1.91. The Labute approximate surface area is 150 Å². The number of likely N-dealkylation sites (tertiary alicyclic amines) is 1. The summed E-state index contributed by atoms with van der Waals surface area (Å²) < 4.78 is 42.5. The molecule has 1 aliphatic carbocycles. The third-order valence-corrected chi connectivity index (χ3v) is 6.13. The second-order valence-corrected chi connectivity index (χ2v) is 7.49. The number of likely N-dealkylation sites (N-methyl/N-ethyl adjacent to an activating group) is 1. The lowest BCUT2D eigenvalue weighted by molar-refractivity contribution is -0.143. The molecule has 2 aliphatic rings. The smallest absolute Gasteiger partial charge is 0.359 e. The second kappa shape index (κ2) is 5.74. The number of aryl methyl sites for hydroxylation is 1. The number of carbonyl (C=O) groups excluding carboxylic acids is 1. The van der Waals surface area contributed by atoms with Gasteiger partial charge in [-0.25, -0.2) is 0 Å². The van der Waals surface area contributed by atoms with Gasteiger partial charge in [-0.1, -0.05) is 12.1 Å². The monoisotopic (exact) mass is 365 g/mol. The number of alkyl halides is 3. The van der Waals surface area contributed by atoms with Crippen LogP contribution in [0.5, 0.6) is 0 Å². The maximum absolute atomic E-state index is 13.7. The Morgan fingerprint density at radius 1 is 1.27 bits per heavy atom. The van der Waals surface area contributed by atoms with Gasteiger partial charge in [-0.2, -0.15) is 13.2 Å². The largest absolute Gasteiger partial charge is 0.431 e. The third-order valence-electron chi connectivity index (χ3n) is 6.13. The standard InChI is InChI=1S/C19H22F3N3O/c1-23-18(26)10-7-12-11-5-4-6-14-16(11)13(8-15(12)24(2)9-10)17(25(14)3)19(20,21)22/h4-6,10,12,15H,7-9H2,1-3H3,(H,23,26)/t10?,12?,15-/m1/s1. The summed E-state index contributed by atoms with van der Waals surface area (Å²) >= 11 is 0. The number of nitrogens with zero attached hydrogens (tertiary/aromatic N) is 2. The van der Waals surface area contributed by atoms with E-state index >= 15 is 0 Å². The number of nitrogens with one attached hydrogen (secondary N) is 1. The molecule has 0 radical (unpaired) electrons. The highest BCUT2D eigenvalue weighted by Crippen LogP contribution is 2.48. The number of rotatable bonds is 1. The summed E-state index contributed by atoms with van der Waals surface area (Å²) in [6.45, 7) is 0.570. The molecular weight excluding hydrogens is 343 g/mol. The summed E-state index contributed by atoms with van der Waals surface area (Å²) in [7, 11) is 5.03. The molecule has 2 unspecified atom stereocenters. The van der Waals surface area contributed by atoms with E-state index < -0.39 is 11.9 Å². The van der Waals surface area contributed by atoms with Crippen molar-refractivity contribution in [2.45, 2.75) is 31.0 Å². The molecule has 3 atom stereocenters. The number of benzene rings is 1. The van der Waals surface area contributed by atoms with E-state index in [1.165, 1.54) is 11.6 Å². The fraction of sp³-hybridized carbons (Fsp3) is 0.526. The Morgan fingerprint density at radius 2 is 2.00 bits per heavy atom. The zero-order chi connectivity index (χ0) is 18.8. The molecule has 26 heavy (non-hydrogen) atoms. The maximum Gasteiger partial charge on any atom is 0.431 e. The summed E-state index contributed by atoms with van der Waals surface area (Å²) in [6.07, 6.45) is -3.35. The Bertz CT molecular complexity index is 886. The van der Waals surface area contributed by atoms with Crippen molar-refractivity contribution >= 4 is 16.8 Å². The summed E-state index contributed by atoms with van der Waals surface area (Å²) in [5.41, 5.74) is 1.42. The first kappa shape index (κ1) is 17.4. The predicted molar refractivity (Wildman–Crippen MR) is 93.0 cm³/mol. The quantitative estimate of drug-likeness (QED) is 0.844. The van der Waals surface area contributed by atoms with Gasteiger partial charge in [0, 0.05) is 43.5 Å². The van der Waals surface area contributed by atoms with Crippen molar-refractivity contribution in [2.75, 3.05) is 20.6 Å². The molecule has 1 aromatic carbocycles. The third kappa shape index (κ3) is 2.36. The summed E-state index contributed by atoms with van der Waals surface area (Å²) in [6, 6.07) is 5.49. The predicted octanol–water partition coefficient (Wildman–Crippen LogP) is 2.90. The van der Waals surface area contributed by atoms with Crippen LogP contribution < -0.4 is 5.32 Å². The molecular formula is C19H22F3N3O. The van der Waals surface area contributed by atoms with Gasteiger partial charge in [-0.3, -0.25) is 4.79 Å². The molecule has 7 heteroatoms. The lowest BCUT2D eigenvalue weighted by Crippen LogP contribution is -2.51. The zero-order valence-electron chi connectivity index (χ0n) is 15.0. The number of amides is 1. The van der Waals surface area contributed by atoms with Crippen molar-refractivity contribution < 1.29 is 18.0 Å². The highest BCUT2D eigenvalue weighted by Gasteiger charge is 2.46. The van der Waals surface area contributed by atoms with Gasteiger partial charge < -0.3 is 14.8 Å².